The third kappa shape index (κ3) is 5.57. The molecule has 6 nitrogen and oxygen atoms in total. The van der Waals surface area contributed by atoms with Crippen LogP contribution in [0.3, 0.4) is 0 Å². The van der Waals surface area contributed by atoms with Crippen molar-refractivity contribution < 1.29 is 0 Å². The first-order valence-corrected chi connectivity index (χ1v) is 19.1. The molecule has 0 N–H and O–H groups in total. The zero-order valence-corrected chi connectivity index (χ0v) is 31.1. The van der Waals surface area contributed by atoms with E-state index in [2.05, 4.69) is 156 Å². The summed E-state index contributed by atoms with van der Waals surface area (Å²) in [5, 5.41) is 2.16. The van der Waals surface area contributed by atoms with Gasteiger partial charge in [0, 0.05) is 56.3 Å². The fourth-order valence-electron chi connectivity index (χ4n) is 8.19. The predicted octanol–water partition coefficient (Wildman–Crippen LogP) is 12.4. The van der Waals surface area contributed by atoms with Gasteiger partial charge < -0.3 is 9.13 Å². The molecule has 0 unspecified atom stereocenters. The van der Waals surface area contributed by atoms with Gasteiger partial charge in [0.25, 0.3) is 0 Å². The van der Waals surface area contributed by atoms with Crippen LogP contribution in [0.2, 0.25) is 0 Å². The molecular formula is C51H34N6. The summed E-state index contributed by atoms with van der Waals surface area (Å²) in [7, 11) is 0. The van der Waals surface area contributed by atoms with Crippen molar-refractivity contribution in [1.82, 2.24) is 29.1 Å². The lowest BCUT2D eigenvalue weighted by atomic mass is 10.1. The molecule has 268 valence electrons. The minimum Gasteiger partial charge on any atom is -0.308 e. The molecule has 0 saturated heterocycles. The van der Waals surface area contributed by atoms with Crippen molar-refractivity contribution in [3.05, 3.63) is 194 Å². The second kappa shape index (κ2) is 13.3. The molecule has 5 aromatic carbocycles. The molecule has 6 heteroatoms. The van der Waals surface area contributed by atoms with Crippen molar-refractivity contribution >= 4 is 43.9 Å². The fourth-order valence-corrected chi connectivity index (χ4v) is 8.19. The van der Waals surface area contributed by atoms with Crippen LogP contribution < -0.4 is 0 Å². The Kier molecular flexibility index (Phi) is 7.60. The van der Waals surface area contributed by atoms with Gasteiger partial charge in [-0.15, -0.1) is 0 Å². The number of hydrogen-bond acceptors (Lipinski definition) is 4. The van der Waals surface area contributed by atoms with Gasteiger partial charge in [0.1, 0.15) is 0 Å². The molecule has 0 aliphatic carbocycles. The molecule has 6 heterocycles. The molecule has 6 aromatic heterocycles. The molecule has 0 aliphatic rings. The predicted molar refractivity (Wildman–Crippen MR) is 233 cm³/mol. The summed E-state index contributed by atoms with van der Waals surface area (Å²) >= 11 is 0. The van der Waals surface area contributed by atoms with Gasteiger partial charge in [-0.3, -0.25) is 9.97 Å². The maximum atomic E-state index is 5.10. The van der Waals surface area contributed by atoms with Crippen molar-refractivity contribution in [3.63, 3.8) is 0 Å². The Morgan fingerprint density at radius 2 is 0.842 bits per heavy atom. The van der Waals surface area contributed by atoms with Gasteiger partial charge in [-0.05, 0) is 97.9 Å². The van der Waals surface area contributed by atoms with Crippen LogP contribution in [-0.4, -0.2) is 29.1 Å². The Morgan fingerprint density at radius 1 is 0.351 bits per heavy atom. The van der Waals surface area contributed by atoms with Gasteiger partial charge in [0.05, 0.1) is 55.9 Å². The van der Waals surface area contributed by atoms with E-state index in [1.54, 1.807) is 0 Å². The van der Waals surface area contributed by atoms with E-state index in [4.69, 9.17) is 19.9 Å². The summed E-state index contributed by atoms with van der Waals surface area (Å²) in [5.41, 5.74) is 17.3. The topological polar surface area (TPSA) is 61.4 Å². The van der Waals surface area contributed by atoms with Crippen LogP contribution in [-0.2, 0) is 0 Å². The minimum atomic E-state index is 0.926. The van der Waals surface area contributed by atoms with Gasteiger partial charge in [0.2, 0.25) is 0 Å². The highest BCUT2D eigenvalue weighted by Crippen LogP contribution is 2.37. The maximum Gasteiger partial charge on any atom is 0.0966 e. The van der Waals surface area contributed by atoms with E-state index < -0.39 is 0 Å². The first-order chi connectivity index (χ1) is 28.2. The van der Waals surface area contributed by atoms with E-state index in [0.717, 1.165) is 106 Å². The van der Waals surface area contributed by atoms with E-state index in [1.807, 2.05) is 48.7 Å². The fraction of sp³-hybridized carbons (Fsp3) is 0.0196. The first kappa shape index (κ1) is 32.7. The number of rotatable bonds is 6. The van der Waals surface area contributed by atoms with E-state index in [-0.39, 0.29) is 0 Å². The summed E-state index contributed by atoms with van der Waals surface area (Å²) in [5.74, 6) is 0. The third-order valence-electron chi connectivity index (χ3n) is 10.8. The zero-order chi connectivity index (χ0) is 37.9. The Labute approximate surface area is 329 Å². The number of hydrogen-bond donors (Lipinski definition) is 0. The number of aromatic nitrogens is 6. The SMILES string of the molecule is Cc1ccc2c(n1)c1cc(-c3cccc(-c4ccccc4)n3)ccc1n2-c1cccc(-n2c3ccc(-c4cccc(-c5ccccc5)n4)cc3c3ncccc32)c1. The maximum absolute atomic E-state index is 5.10. The van der Waals surface area contributed by atoms with E-state index in [0.29, 0.717) is 0 Å². The smallest absolute Gasteiger partial charge is 0.0966 e. The summed E-state index contributed by atoms with van der Waals surface area (Å²) in [6.07, 6.45) is 1.87. The number of nitrogens with zero attached hydrogens (tertiary/aromatic N) is 6. The lowest BCUT2D eigenvalue weighted by Gasteiger charge is -2.13. The highest BCUT2D eigenvalue weighted by Gasteiger charge is 2.19. The van der Waals surface area contributed by atoms with Crippen LogP contribution in [0.25, 0.3) is 100 Å². The summed E-state index contributed by atoms with van der Waals surface area (Å²) in [6, 6.07) is 63.5. The van der Waals surface area contributed by atoms with Crippen molar-refractivity contribution in [2.45, 2.75) is 6.92 Å². The van der Waals surface area contributed by atoms with Crippen molar-refractivity contribution in [2.75, 3.05) is 0 Å². The Bertz CT molecular complexity index is 3310. The van der Waals surface area contributed by atoms with E-state index >= 15 is 0 Å². The van der Waals surface area contributed by atoms with E-state index in [9.17, 15) is 0 Å². The number of benzene rings is 5. The molecule has 11 rings (SSSR count). The average Bonchev–Trinajstić information content (AvgIpc) is 3.79. The minimum absolute atomic E-state index is 0.926. The van der Waals surface area contributed by atoms with Crippen LogP contribution in [0.1, 0.15) is 5.69 Å². The van der Waals surface area contributed by atoms with Crippen LogP contribution in [0, 0.1) is 6.92 Å². The molecule has 0 amide bonds. The van der Waals surface area contributed by atoms with E-state index in [1.165, 1.54) is 0 Å². The number of aryl methyl sites for hydroxylation is 1. The van der Waals surface area contributed by atoms with Crippen molar-refractivity contribution in [3.8, 4) is 56.4 Å². The van der Waals surface area contributed by atoms with Crippen LogP contribution in [0.4, 0.5) is 0 Å². The van der Waals surface area contributed by atoms with Crippen LogP contribution >= 0.6 is 0 Å². The zero-order valence-electron chi connectivity index (χ0n) is 31.1. The highest BCUT2D eigenvalue weighted by molar-refractivity contribution is 6.10. The number of fused-ring (bicyclic) bond motifs is 6. The third-order valence-corrected chi connectivity index (χ3v) is 10.8. The molecule has 0 saturated carbocycles. The van der Waals surface area contributed by atoms with Gasteiger partial charge in [0.15, 0.2) is 0 Å². The monoisotopic (exact) mass is 730 g/mol. The summed E-state index contributed by atoms with van der Waals surface area (Å²) in [4.78, 5) is 20.1. The lowest BCUT2D eigenvalue weighted by molar-refractivity contribution is 1.13. The molecular weight excluding hydrogens is 697 g/mol. The Balaban J connectivity index is 1.04. The second-order valence-electron chi connectivity index (χ2n) is 14.4. The van der Waals surface area contributed by atoms with Gasteiger partial charge >= 0.3 is 0 Å². The molecule has 0 spiro atoms. The summed E-state index contributed by atoms with van der Waals surface area (Å²) < 4.78 is 4.65. The quantitative estimate of drug-likeness (QED) is 0.171. The second-order valence-corrected chi connectivity index (χ2v) is 14.4. The van der Waals surface area contributed by atoms with Crippen molar-refractivity contribution in [2.24, 2.45) is 0 Å². The van der Waals surface area contributed by atoms with Gasteiger partial charge in [-0.25, -0.2) is 9.97 Å². The lowest BCUT2D eigenvalue weighted by Crippen LogP contribution is -1.99. The Hall–Kier alpha value is -7.70. The molecule has 0 aliphatic heterocycles. The van der Waals surface area contributed by atoms with Gasteiger partial charge in [-0.2, -0.15) is 0 Å². The van der Waals surface area contributed by atoms with Crippen LogP contribution in [0.5, 0.6) is 0 Å². The summed E-state index contributed by atoms with van der Waals surface area (Å²) in [6.45, 7) is 2.05. The average molecular weight is 731 g/mol. The molecule has 0 fully saturated rings. The standard InChI is InChI=1S/C51H34N6/c1-33-23-26-49-51(53-33)41-31-37(45-21-10-19-43(55-45)35-14-6-3-7-15-35)25-28-47(41)57(49)39-17-8-16-38(32-39)56-46-27-24-36(30-40(46)50-48(56)22-11-29-52-50)44-20-9-18-42(54-44)34-12-4-2-5-13-34/h2-32H,1H3. The molecule has 57 heavy (non-hydrogen) atoms. The molecule has 0 bridgehead atoms. The molecule has 0 atom stereocenters. The van der Waals surface area contributed by atoms with Gasteiger partial charge in [-0.1, -0.05) is 91.0 Å². The first-order valence-electron chi connectivity index (χ1n) is 19.1. The molecule has 0 radical (unpaired) electrons. The highest BCUT2D eigenvalue weighted by atomic mass is 15.0. The Morgan fingerprint density at radius 3 is 1.42 bits per heavy atom. The van der Waals surface area contributed by atoms with Crippen molar-refractivity contribution in [1.29, 1.82) is 0 Å². The largest absolute Gasteiger partial charge is 0.308 e. The normalized spacial score (nSPS) is 11.6. The molecule has 11 aromatic rings. The number of pyridine rings is 4. The van der Waals surface area contributed by atoms with Crippen LogP contribution in [0.15, 0.2) is 188 Å².